The second kappa shape index (κ2) is 9.24. The highest BCUT2D eigenvalue weighted by Gasteiger charge is 2.16. The molecule has 6 nitrogen and oxygen atoms in total. The van der Waals surface area contributed by atoms with Gasteiger partial charge in [0.25, 0.3) is 5.56 Å². The van der Waals surface area contributed by atoms with E-state index in [-0.39, 0.29) is 5.56 Å². The molecule has 2 aromatic carbocycles. The summed E-state index contributed by atoms with van der Waals surface area (Å²) in [5.41, 5.74) is 2.12. The van der Waals surface area contributed by atoms with Gasteiger partial charge in [-0.2, -0.15) is 0 Å². The molecule has 150 valence electrons. The van der Waals surface area contributed by atoms with Gasteiger partial charge in [-0.05, 0) is 37.5 Å². The van der Waals surface area contributed by atoms with Gasteiger partial charge in [-0.1, -0.05) is 54.2 Å². The van der Waals surface area contributed by atoms with E-state index >= 15 is 0 Å². The summed E-state index contributed by atoms with van der Waals surface area (Å²) in [4.78, 5) is 13.0. The molecule has 0 aliphatic heterocycles. The zero-order valence-corrected chi connectivity index (χ0v) is 17.3. The van der Waals surface area contributed by atoms with Crippen LogP contribution in [0, 0.1) is 0 Å². The molecular weight excluding hydrogens is 384 g/mol. The highest BCUT2D eigenvalue weighted by Crippen LogP contribution is 2.22. The molecule has 0 spiro atoms. The normalized spacial score (nSPS) is 11.5. The Kier molecular flexibility index (Phi) is 6.27. The number of nitrogens with zero attached hydrogens (tertiary/aromatic N) is 4. The summed E-state index contributed by atoms with van der Waals surface area (Å²) in [6.45, 7) is 3.82. The average Bonchev–Trinajstić information content (AvgIpc) is 3.18. The van der Waals surface area contributed by atoms with Crippen molar-refractivity contribution in [2.75, 3.05) is 19.0 Å². The minimum atomic E-state index is -0.0298. The minimum absolute atomic E-state index is 0.0298. The first-order chi connectivity index (χ1) is 14.3. The van der Waals surface area contributed by atoms with Gasteiger partial charge in [0, 0.05) is 25.5 Å². The van der Waals surface area contributed by atoms with Crippen molar-refractivity contribution in [3.63, 3.8) is 0 Å². The van der Waals surface area contributed by atoms with Gasteiger partial charge in [-0.25, -0.2) is 0 Å². The summed E-state index contributed by atoms with van der Waals surface area (Å²) in [5.74, 6) is 1.48. The van der Waals surface area contributed by atoms with Crippen LogP contribution in [0.2, 0.25) is 0 Å². The first-order valence-corrected chi connectivity index (χ1v) is 10.9. The third-order valence-corrected chi connectivity index (χ3v) is 5.75. The Morgan fingerprint density at radius 3 is 2.66 bits per heavy atom. The maximum absolute atomic E-state index is 13.0. The van der Waals surface area contributed by atoms with E-state index in [1.54, 1.807) is 16.3 Å². The summed E-state index contributed by atoms with van der Waals surface area (Å²) in [6, 6.07) is 18.1. The molecule has 0 amide bonds. The number of hydrogen-bond acceptors (Lipinski definition) is 5. The largest absolute Gasteiger partial charge is 0.382 e. The number of rotatable bonds is 9. The lowest BCUT2D eigenvalue weighted by Crippen LogP contribution is -2.24. The van der Waals surface area contributed by atoms with Crippen molar-refractivity contribution in [2.24, 2.45) is 0 Å². The van der Waals surface area contributed by atoms with Crippen molar-refractivity contribution in [1.82, 2.24) is 19.2 Å². The smallest absolute Gasteiger partial charge is 0.262 e. The Balaban J connectivity index is 1.67. The SMILES string of the molecule is CCOCCCn1c(=O)c2ccccc2n2c(SCCc3ccccc3)nnc12. The van der Waals surface area contributed by atoms with Crippen LogP contribution in [0.4, 0.5) is 0 Å². The number of ether oxygens (including phenoxy) is 1. The number of thioether (sulfide) groups is 1. The van der Waals surface area contributed by atoms with Gasteiger partial charge in [0.1, 0.15) is 0 Å². The monoisotopic (exact) mass is 408 g/mol. The second-order valence-electron chi connectivity index (χ2n) is 6.73. The summed E-state index contributed by atoms with van der Waals surface area (Å²) in [5, 5.41) is 10.3. The Hall–Kier alpha value is -2.64. The number of hydrogen-bond donors (Lipinski definition) is 0. The first kappa shape index (κ1) is 19.7. The van der Waals surface area contributed by atoms with Crippen LogP contribution < -0.4 is 5.56 Å². The van der Waals surface area contributed by atoms with E-state index in [0.29, 0.717) is 30.9 Å². The van der Waals surface area contributed by atoms with Gasteiger partial charge in [0.05, 0.1) is 10.9 Å². The third-order valence-electron chi connectivity index (χ3n) is 4.82. The fourth-order valence-electron chi connectivity index (χ4n) is 3.40. The predicted octanol–water partition coefficient (Wildman–Crippen LogP) is 3.81. The van der Waals surface area contributed by atoms with Crippen LogP contribution in [0.15, 0.2) is 64.5 Å². The molecule has 4 aromatic rings. The van der Waals surface area contributed by atoms with E-state index in [1.807, 2.05) is 41.7 Å². The predicted molar refractivity (Wildman–Crippen MR) is 117 cm³/mol. The third kappa shape index (κ3) is 4.21. The molecule has 0 bridgehead atoms. The molecule has 0 saturated carbocycles. The number of aromatic nitrogens is 4. The second-order valence-corrected chi connectivity index (χ2v) is 7.79. The Morgan fingerprint density at radius 1 is 1.03 bits per heavy atom. The molecule has 2 heterocycles. The van der Waals surface area contributed by atoms with Crippen LogP contribution in [0.5, 0.6) is 0 Å². The van der Waals surface area contributed by atoms with Gasteiger partial charge < -0.3 is 4.74 Å². The van der Waals surface area contributed by atoms with Crippen molar-refractivity contribution >= 4 is 28.4 Å². The fourth-order valence-corrected chi connectivity index (χ4v) is 4.33. The summed E-state index contributed by atoms with van der Waals surface area (Å²) in [6.07, 6.45) is 1.71. The van der Waals surface area contributed by atoms with Crippen molar-refractivity contribution in [3.05, 3.63) is 70.5 Å². The zero-order valence-electron chi connectivity index (χ0n) is 16.5. The summed E-state index contributed by atoms with van der Waals surface area (Å²) >= 11 is 1.66. The minimum Gasteiger partial charge on any atom is -0.382 e. The molecular formula is C22H24N4O2S. The van der Waals surface area contributed by atoms with E-state index in [1.165, 1.54) is 5.56 Å². The van der Waals surface area contributed by atoms with E-state index in [2.05, 4.69) is 34.5 Å². The van der Waals surface area contributed by atoms with Gasteiger partial charge in [0.15, 0.2) is 5.16 Å². The van der Waals surface area contributed by atoms with E-state index in [9.17, 15) is 4.79 Å². The van der Waals surface area contributed by atoms with Gasteiger partial charge >= 0.3 is 0 Å². The molecule has 2 aromatic heterocycles. The Bertz CT molecular complexity index is 1150. The van der Waals surface area contributed by atoms with Crippen LogP contribution in [0.3, 0.4) is 0 Å². The molecule has 0 aliphatic carbocycles. The molecule has 0 N–H and O–H groups in total. The molecule has 29 heavy (non-hydrogen) atoms. The molecule has 7 heteroatoms. The lowest BCUT2D eigenvalue weighted by Gasteiger charge is -2.11. The number of fused-ring (bicyclic) bond motifs is 3. The van der Waals surface area contributed by atoms with Crippen LogP contribution in [-0.4, -0.2) is 38.1 Å². The number of para-hydroxylation sites is 1. The van der Waals surface area contributed by atoms with Crippen LogP contribution in [0.1, 0.15) is 18.9 Å². The van der Waals surface area contributed by atoms with Gasteiger partial charge in [-0.15, -0.1) is 10.2 Å². The molecule has 0 atom stereocenters. The molecule has 4 rings (SSSR count). The highest BCUT2D eigenvalue weighted by molar-refractivity contribution is 7.99. The van der Waals surface area contributed by atoms with Crippen LogP contribution in [0.25, 0.3) is 16.7 Å². The molecule has 0 aliphatic rings. The average molecular weight is 409 g/mol. The van der Waals surface area contributed by atoms with E-state index in [4.69, 9.17) is 4.74 Å². The number of benzene rings is 2. The van der Waals surface area contributed by atoms with Crippen molar-refractivity contribution in [2.45, 2.75) is 31.5 Å². The standard InChI is InChI=1S/C22H24N4O2S/c1-2-28-15-8-14-25-20(27)18-11-6-7-12-19(18)26-21(25)23-24-22(26)29-16-13-17-9-4-3-5-10-17/h3-7,9-12H,2,8,13-16H2,1H3. The van der Waals surface area contributed by atoms with Crippen LogP contribution >= 0.6 is 11.8 Å². The van der Waals surface area contributed by atoms with Gasteiger partial charge in [-0.3, -0.25) is 13.8 Å². The lowest BCUT2D eigenvalue weighted by molar-refractivity contribution is 0.141. The topological polar surface area (TPSA) is 61.4 Å². The van der Waals surface area contributed by atoms with E-state index < -0.39 is 0 Å². The van der Waals surface area contributed by atoms with Gasteiger partial charge in [0.2, 0.25) is 5.78 Å². The number of aryl methyl sites for hydroxylation is 2. The fraction of sp³-hybridized carbons (Fsp3) is 0.318. The first-order valence-electron chi connectivity index (χ1n) is 9.90. The maximum atomic E-state index is 13.0. The van der Waals surface area contributed by atoms with Crippen LogP contribution in [-0.2, 0) is 17.7 Å². The maximum Gasteiger partial charge on any atom is 0.262 e. The molecule has 0 radical (unpaired) electrons. The zero-order chi connectivity index (χ0) is 20.1. The van der Waals surface area contributed by atoms with Crippen molar-refractivity contribution < 1.29 is 4.74 Å². The Morgan fingerprint density at radius 2 is 1.83 bits per heavy atom. The van der Waals surface area contributed by atoms with Crippen molar-refractivity contribution in [3.8, 4) is 0 Å². The van der Waals surface area contributed by atoms with E-state index in [0.717, 1.165) is 29.3 Å². The van der Waals surface area contributed by atoms with Crippen molar-refractivity contribution in [1.29, 1.82) is 0 Å². The molecule has 0 fully saturated rings. The summed E-state index contributed by atoms with van der Waals surface area (Å²) < 4.78 is 9.16. The quantitative estimate of drug-likeness (QED) is 0.311. The molecule has 0 unspecified atom stereocenters. The lowest BCUT2D eigenvalue weighted by atomic mass is 10.2. The Labute approximate surface area is 173 Å². The summed E-state index contributed by atoms with van der Waals surface area (Å²) in [7, 11) is 0. The molecule has 0 saturated heterocycles. The highest BCUT2D eigenvalue weighted by atomic mass is 32.2.